The fourth-order valence-electron chi connectivity index (χ4n) is 3.22. The SMILES string of the molecule is O=C(O)CCCn1c(Cc2ccc(Cl)cc2)nc2scc(-c3ccco3)c2c1=O. The molecule has 0 saturated heterocycles. The van der Waals surface area contributed by atoms with Gasteiger partial charge in [-0.15, -0.1) is 11.3 Å². The summed E-state index contributed by atoms with van der Waals surface area (Å²) in [6, 6.07) is 10.9. The van der Waals surface area contributed by atoms with Crippen LogP contribution in [0.1, 0.15) is 24.2 Å². The monoisotopic (exact) mass is 428 g/mol. The number of carboxylic acid groups (broad SMARTS) is 1. The molecule has 0 spiro atoms. The highest BCUT2D eigenvalue weighted by Crippen LogP contribution is 2.31. The van der Waals surface area contributed by atoms with E-state index in [1.54, 1.807) is 35.1 Å². The van der Waals surface area contributed by atoms with Gasteiger partial charge in [-0.3, -0.25) is 14.2 Å². The molecule has 4 aromatic rings. The third-order valence-electron chi connectivity index (χ3n) is 4.61. The Balaban J connectivity index is 1.81. The van der Waals surface area contributed by atoms with Crippen molar-refractivity contribution in [1.82, 2.24) is 9.55 Å². The molecule has 0 bridgehead atoms. The molecule has 148 valence electrons. The number of carboxylic acids is 1. The van der Waals surface area contributed by atoms with Gasteiger partial charge in [0.1, 0.15) is 16.4 Å². The van der Waals surface area contributed by atoms with E-state index in [2.05, 4.69) is 0 Å². The van der Waals surface area contributed by atoms with Gasteiger partial charge in [-0.25, -0.2) is 4.98 Å². The van der Waals surface area contributed by atoms with Gasteiger partial charge in [-0.1, -0.05) is 23.7 Å². The van der Waals surface area contributed by atoms with E-state index in [9.17, 15) is 9.59 Å². The van der Waals surface area contributed by atoms with Crippen molar-refractivity contribution in [1.29, 1.82) is 0 Å². The molecule has 0 aliphatic heterocycles. The molecular formula is C21H17ClN2O4S. The van der Waals surface area contributed by atoms with E-state index in [-0.39, 0.29) is 18.5 Å². The minimum atomic E-state index is -0.891. The van der Waals surface area contributed by atoms with Crippen LogP contribution in [0.5, 0.6) is 0 Å². The summed E-state index contributed by atoms with van der Waals surface area (Å²) in [6.07, 6.45) is 2.34. The summed E-state index contributed by atoms with van der Waals surface area (Å²) in [7, 11) is 0. The van der Waals surface area contributed by atoms with Crippen molar-refractivity contribution in [2.45, 2.75) is 25.8 Å². The summed E-state index contributed by atoms with van der Waals surface area (Å²) in [4.78, 5) is 29.7. The second-order valence-electron chi connectivity index (χ2n) is 6.59. The van der Waals surface area contributed by atoms with E-state index in [4.69, 9.17) is 26.1 Å². The number of hydrogen-bond donors (Lipinski definition) is 1. The van der Waals surface area contributed by atoms with Crippen LogP contribution in [0, 0.1) is 0 Å². The van der Waals surface area contributed by atoms with Crippen molar-refractivity contribution in [3.63, 3.8) is 0 Å². The second kappa shape index (κ2) is 8.23. The smallest absolute Gasteiger partial charge is 0.303 e. The van der Waals surface area contributed by atoms with Crippen molar-refractivity contribution >= 4 is 39.1 Å². The van der Waals surface area contributed by atoms with Crippen LogP contribution in [0.4, 0.5) is 0 Å². The average molecular weight is 429 g/mol. The first-order valence-electron chi connectivity index (χ1n) is 9.04. The lowest BCUT2D eigenvalue weighted by Crippen LogP contribution is -2.26. The molecule has 0 atom stereocenters. The van der Waals surface area contributed by atoms with E-state index < -0.39 is 5.97 Å². The lowest BCUT2D eigenvalue weighted by Gasteiger charge is -2.13. The van der Waals surface area contributed by atoms with Crippen LogP contribution in [-0.4, -0.2) is 20.6 Å². The summed E-state index contributed by atoms with van der Waals surface area (Å²) in [5, 5.41) is 12.0. The number of halogens is 1. The van der Waals surface area contributed by atoms with Crippen LogP contribution in [0.25, 0.3) is 21.5 Å². The molecule has 29 heavy (non-hydrogen) atoms. The number of nitrogens with zero attached hydrogens (tertiary/aromatic N) is 2. The van der Waals surface area contributed by atoms with Gasteiger partial charge in [-0.05, 0) is 36.2 Å². The fourth-order valence-corrected chi connectivity index (χ4v) is 4.28. The molecule has 3 aromatic heterocycles. The first kappa shape index (κ1) is 19.4. The molecule has 0 saturated carbocycles. The highest BCUT2D eigenvalue weighted by Gasteiger charge is 2.18. The Labute approximate surface area is 175 Å². The summed E-state index contributed by atoms with van der Waals surface area (Å²) >= 11 is 7.36. The number of benzene rings is 1. The van der Waals surface area contributed by atoms with Gasteiger partial charge in [0.15, 0.2) is 0 Å². The first-order valence-corrected chi connectivity index (χ1v) is 10.3. The molecule has 3 heterocycles. The number of hydrogen-bond acceptors (Lipinski definition) is 5. The van der Waals surface area contributed by atoms with Crippen LogP contribution in [0.15, 0.2) is 57.3 Å². The minimum absolute atomic E-state index is 0.0143. The Morgan fingerprint density at radius 3 is 2.72 bits per heavy atom. The maximum absolute atomic E-state index is 13.4. The maximum Gasteiger partial charge on any atom is 0.303 e. The zero-order chi connectivity index (χ0) is 20.4. The predicted molar refractivity (Wildman–Crippen MR) is 113 cm³/mol. The standard InChI is InChI=1S/C21H17ClN2O4S/c22-14-7-5-13(6-8-14)11-17-23-20-19(15(12-29-20)16-3-2-10-28-16)21(27)24(17)9-1-4-18(25)26/h2-3,5-8,10,12H,1,4,9,11H2,(H,25,26). The van der Waals surface area contributed by atoms with Gasteiger partial charge in [0.05, 0.1) is 11.6 Å². The zero-order valence-electron chi connectivity index (χ0n) is 15.3. The van der Waals surface area contributed by atoms with Crippen LogP contribution in [-0.2, 0) is 17.8 Å². The summed E-state index contributed by atoms with van der Waals surface area (Å²) in [6.45, 7) is 0.282. The van der Waals surface area contributed by atoms with E-state index in [1.807, 2.05) is 17.5 Å². The first-order chi connectivity index (χ1) is 14.0. The Hall–Kier alpha value is -2.90. The van der Waals surface area contributed by atoms with Gasteiger partial charge in [0, 0.05) is 35.4 Å². The molecule has 0 aliphatic carbocycles. The number of thiophene rings is 1. The number of carbonyl (C=O) groups is 1. The number of aromatic nitrogens is 2. The third-order valence-corrected chi connectivity index (χ3v) is 5.73. The second-order valence-corrected chi connectivity index (χ2v) is 7.89. The highest BCUT2D eigenvalue weighted by molar-refractivity contribution is 7.17. The van der Waals surface area contributed by atoms with Crippen molar-refractivity contribution < 1.29 is 14.3 Å². The molecule has 4 rings (SSSR count). The normalized spacial score (nSPS) is 11.2. The highest BCUT2D eigenvalue weighted by atomic mass is 35.5. The molecule has 0 amide bonds. The van der Waals surface area contributed by atoms with E-state index in [0.29, 0.717) is 45.2 Å². The van der Waals surface area contributed by atoms with Crippen LogP contribution >= 0.6 is 22.9 Å². The summed E-state index contributed by atoms with van der Waals surface area (Å²) in [5.74, 6) is 0.318. The summed E-state index contributed by atoms with van der Waals surface area (Å²) < 4.78 is 7.05. The van der Waals surface area contributed by atoms with E-state index in [0.717, 1.165) is 5.56 Å². The Bertz CT molecular complexity index is 1210. The Morgan fingerprint density at radius 2 is 2.03 bits per heavy atom. The van der Waals surface area contributed by atoms with Crippen molar-refractivity contribution in [3.05, 3.63) is 74.8 Å². The summed E-state index contributed by atoms with van der Waals surface area (Å²) in [5.41, 5.74) is 1.49. The quantitative estimate of drug-likeness (QED) is 0.455. The Kier molecular flexibility index (Phi) is 5.51. The number of fused-ring (bicyclic) bond motifs is 1. The van der Waals surface area contributed by atoms with Crippen molar-refractivity contribution in [2.75, 3.05) is 0 Å². The van der Waals surface area contributed by atoms with Gasteiger partial charge in [0.25, 0.3) is 5.56 Å². The van der Waals surface area contributed by atoms with E-state index in [1.165, 1.54) is 11.3 Å². The molecular weight excluding hydrogens is 412 g/mol. The van der Waals surface area contributed by atoms with Gasteiger partial charge < -0.3 is 9.52 Å². The molecule has 0 radical (unpaired) electrons. The molecule has 1 aromatic carbocycles. The largest absolute Gasteiger partial charge is 0.481 e. The zero-order valence-corrected chi connectivity index (χ0v) is 16.9. The minimum Gasteiger partial charge on any atom is -0.481 e. The molecule has 6 nitrogen and oxygen atoms in total. The average Bonchev–Trinajstić information content (AvgIpc) is 3.35. The molecule has 0 unspecified atom stereocenters. The molecule has 8 heteroatoms. The topological polar surface area (TPSA) is 85.3 Å². The van der Waals surface area contributed by atoms with Gasteiger partial charge in [0.2, 0.25) is 0 Å². The molecule has 0 fully saturated rings. The number of aliphatic carboxylic acids is 1. The van der Waals surface area contributed by atoms with Crippen LogP contribution in [0.3, 0.4) is 0 Å². The maximum atomic E-state index is 13.4. The lowest BCUT2D eigenvalue weighted by molar-refractivity contribution is -0.137. The Morgan fingerprint density at radius 1 is 1.24 bits per heavy atom. The van der Waals surface area contributed by atoms with Crippen LogP contribution in [0.2, 0.25) is 5.02 Å². The predicted octanol–water partition coefficient (Wildman–Crippen LogP) is 4.83. The van der Waals surface area contributed by atoms with Crippen molar-refractivity contribution in [3.8, 4) is 11.3 Å². The third kappa shape index (κ3) is 4.11. The fraction of sp³-hybridized carbons (Fsp3) is 0.190. The lowest BCUT2D eigenvalue weighted by atomic mass is 10.1. The number of furan rings is 1. The van der Waals surface area contributed by atoms with E-state index >= 15 is 0 Å². The van der Waals surface area contributed by atoms with Gasteiger partial charge in [-0.2, -0.15) is 0 Å². The van der Waals surface area contributed by atoms with Crippen molar-refractivity contribution in [2.24, 2.45) is 0 Å². The number of rotatable bonds is 7. The van der Waals surface area contributed by atoms with Gasteiger partial charge >= 0.3 is 5.97 Å². The van der Waals surface area contributed by atoms with Crippen LogP contribution < -0.4 is 5.56 Å². The molecule has 1 N–H and O–H groups in total. The molecule has 0 aliphatic rings.